The maximum atomic E-state index is 11.7. The van der Waals surface area contributed by atoms with E-state index in [2.05, 4.69) is 15.3 Å². The molecule has 0 aliphatic carbocycles. The van der Waals surface area contributed by atoms with Crippen LogP contribution in [0.2, 0.25) is 0 Å². The highest BCUT2D eigenvalue weighted by atomic mass is 16.3. The third-order valence-electron chi connectivity index (χ3n) is 2.53. The van der Waals surface area contributed by atoms with Gasteiger partial charge in [-0.05, 0) is 24.1 Å². The number of nitrogens with one attached hydrogen (secondary N) is 1. The normalized spacial score (nSPS) is 10.1. The van der Waals surface area contributed by atoms with Gasteiger partial charge in [-0.1, -0.05) is 6.07 Å². The average Bonchev–Trinajstić information content (AvgIpc) is 2.43. The summed E-state index contributed by atoms with van der Waals surface area (Å²) in [5, 5.41) is 21.2. The summed E-state index contributed by atoms with van der Waals surface area (Å²) in [6.07, 6.45) is 4.88. The molecule has 1 aromatic heterocycles. The first-order valence-electron chi connectivity index (χ1n) is 5.72. The van der Waals surface area contributed by atoms with Crippen LogP contribution in [0.1, 0.15) is 16.1 Å². The Morgan fingerprint density at radius 2 is 2.05 bits per heavy atom. The number of carbonyl (C=O) groups excluding carboxylic acids is 1. The molecular weight excluding hydrogens is 246 g/mol. The van der Waals surface area contributed by atoms with Crippen molar-refractivity contribution < 1.29 is 15.0 Å². The van der Waals surface area contributed by atoms with Crippen LogP contribution >= 0.6 is 0 Å². The lowest BCUT2D eigenvalue weighted by Gasteiger charge is -2.05. The average molecular weight is 259 g/mol. The molecule has 0 spiro atoms. The molecule has 6 nitrogen and oxygen atoms in total. The Labute approximate surface area is 109 Å². The van der Waals surface area contributed by atoms with E-state index in [1.165, 1.54) is 30.7 Å². The van der Waals surface area contributed by atoms with Gasteiger partial charge in [-0.25, -0.2) is 4.98 Å². The zero-order valence-corrected chi connectivity index (χ0v) is 10.1. The fourth-order valence-corrected chi connectivity index (χ4v) is 1.55. The minimum absolute atomic E-state index is 0.160. The van der Waals surface area contributed by atoms with Gasteiger partial charge in [-0.3, -0.25) is 9.78 Å². The second-order valence-corrected chi connectivity index (χ2v) is 3.92. The van der Waals surface area contributed by atoms with E-state index in [-0.39, 0.29) is 23.1 Å². The van der Waals surface area contributed by atoms with Crippen LogP contribution in [0.15, 0.2) is 36.8 Å². The van der Waals surface area contributed by atoms with E-state index < -0.39 is 0 Å². The smallest absolute Gasteiger partial charge is 0.271 e. The van der Waals surface area contributed by atoms with Crippen LogP contribution in [0.25, 0.3) is 0 Å². The fourth-order valence-electron chi connectivity index (χ4n) is 1.55. The quantitative estimate of drug-likeness (QED) is 0.708. The number of aromatic hydroxyl groups is 2. The van der Waals surface area contributed by atoms with E-state index in [1.54, 1.807) is 6.07 Å². The number of hydrogen-bond acceptors (Lipinski definition) is 5. The van der Waals surface area contributed by atoms with Crippen LogP contribution in [-0.2, 0) is 6.42 Å². The molecule has 0 unspecified atom stereocenters. The monoisotopic (exact) mass is 259 g/mol. The van der Waals surface area contributed by atoms with Crippen molar-refractivity contribution in [2.45, 2.75) is 6.42 Å². The van der Waals surface area contributed by atoms with E-state index in [4.69, 9.17) is 0 Å². The fraction of sp³-hybridized carbons (Fsp3) is 0.154. The van der Waals surface area contributed by atoms with Crippen LogP contribution in [0.5, 0.6) is 11.5 Å². The highest BCUT2D eigenvalue weighted by Crippen LogP contribution is 2.24. The molecule has 0 fully saturated rings. The number of phenols is 2. The summed E-state index contributed by atoms with van der Waals surface area (Å²) >= 11 is 0. The van der Waals surface area contributed by atoms with Crippen molar-refractivity contribution in [1.29, 1.82) is 0 Å². The van der Waals surface area contributed by atoms with Gasteiger partial charge in [0.25, 0.3) is 5.91 Å². The minimum Gasteiger partial charge on any atom is -0.504 e. The molecule has 6 heteroatoms. The molecule has 0 aliphatic heterocycles. The topological polar surface area (TPSA) is 95.3 Å². The van der Waals surface area contributed by atoms with E-state index >= 15 is 0 Å². The summed E-state index contributed by atoms with van der Waals surface area (Å²) in [6, 6.07) is 4.56. The zero-order valence-electron chi connectivity index (χ0n) is 10.1. The van der Waals surface area contributed by atoms with E-state index in [0.29, 0.717) is 13.0 Å². The van der Waals surface area contributed by atoms with Crippen LogP contribution < -0.4 is 5.32 Å². The van der Waals surface area contributed by atoms with Gasteiger partial charge in [0, 0.05) is 18.9 Å². The van der Waals surface area contributed by atoms with Crippen molar-refractivity contribution in [2.75, 3.05) is 6.54 Å². The van der Waals surface area contributed by atoms with Gasteiger partial charge in [-0.15, -0.1) is 0 Å². The Morgan fingerprint density at radius 3 is 2.74 bits per heavy atom. The third-order valence-corrected chi connectivity index (χ3v) is 2.53. The summed E-state index contributed by atoms with van der Waals surface area (Å²) in [7, 11) is 0. The number of carbonyl (C=O) groups is 1. The first kappa shape index (κ1) is 12.8. The van der Waals surface area contributed by atoms with Crippen LogP contribution in [-0.4, -0.2) is 32.6 Å². The summed E-state index contributed by atoms with van der Waals surface area (Å²) in [5.41, 5.74) is 1.07. The lowest BCUT2D eigenvalue weighted by atomic mass is 10.1. The van der Waals surface area contributed by atoms with E-state index in [9.17, 15) is 15.0 Å². The summed E-state index contributed by atoms with van der Waals surface area (Å²) in [6.45, 7) is 0.402. The molecule has 98 valence electrons. The third kappa shape index (κ3) is 3.41. The Hall–Kier alpha value is -2.63. The second-order valence-electron chi connectivity index (χ2n) is 3.92. The summed E-state index contributed by atoms with van der Waals surface area (Å²) in [4.78, 5) is 19.3. The highest BCUT2D eigenvalue weighted by molar-refractivity contribution is 5.91. The van der Waals surface area contributed by atoms with Gasteiger partial charge < -0.3 is 15.5 Å². The van der Waals surface area contributed by atoms with Gasteiger partial charge >= 0.3 is 0 Å². The second kappa shape index (κ2) is 5.81. The SMILES string of the molecule is O=C(NCCc1ccc(O)c(O)c1)c1cnccn1. The Morgan fingerprint density at radius 1 is 1.21 bits per heavy atom. The summed E-state index contributed by atoms with van der Waals surface area (Å²) < 4.78 is 0. The molecule has 0 saturated heterocycles. The molecule has 0 aliphatic rings. The molecule has 1 aromatic carbocycles. The van der Waals surface area contributed by atoms with Crippen molar-refractivity contribution in [1.82, 2.24) is 15.3 Å². The molecule has 0 bridgehead atoms. The number of hydrogen-bond donors (Lipinski definition) is 3. The predicted molar refractivity (Wildman–Crippen MR) is 67.8 cm³/mol. The van der Waals surface area contributed by atoms with Gasteiger partial charge in [0.2, 0.25) is 0 Å². The molecule has 0 radical (unpaired) electrons. The molecular formula is C13H13N3O3. The van der Waals surface area contributed by atoms with Crippen LogP contribution in [0.3, 0.4) is 0 Å². The van der Waals surface area contributed by atoms with Gasteiger partial charge in [0.1, 0.15) is 5.69 Å². The Balaban J connectivity index is 1.87. The zero-order chi connectivity index (χ0) is 13.7. The maximum absolute atomic E-state index is 11.7. The first-order valence-corrected chi connectivity index (χ1v) is 5.72. The standard InChI is InChI=1S/C13H13N3O3/c17-11-2-1-9(7-12(11)18)3-4-16-13(19)10-8-14-5-6-15-10/h1-2,5-8,17-18H,3-4H2,(H,16,19). The minimum atomic E-state index is -0.295. The van der Waals surface area contributed by atoms with Crippen molar-refractivity contribution in [3.05, 3.63) is 48.0 Å². The molecule has 1 heterocycles. The molecule has 19 heavy (non-hydrogen) atoms. The Bertz CT molecular complexity index is 573. The van der Waals surface area contributed by atoms with Crippen molar-refractivity contribution >= 4 is 5.91 Å². The van der Waals surface area contributed by atoms with Gasteiger partial charge in [0.15, 0.2) is 11.5 Å². The molecule has 0 saturated carbocycles. The van der Waals surface area contributed by atoms with Crippen LogP contribution in [0.4, 0.5) is 0 Å². The number of nitrogens with zero attached hydrogens (tertiary/aromatic N) is 2. The molecule has 2 rings (SSSR count). The molecule has 1 amide bonds. The van der Waals surface area contributed by atoms with Gasteiger partial charge in [0.05, 0.1) is 6.20 Å². The molecule has 0 atom stereocenters. The lowest BCUT2D eigenvalue weighted by molar-refractivity contribution is 0.0948. The maximum Gasteiger partial charge on any atom is 0.271 e. The Kier molecular flexibility index (Phi) is 3.92. The van der Waals surface area contributed by atoms with Gasteiger partial charge in [-0.2, -0.15) is 0 Å². The summed E-state index contributed by atoms with van der Waals surface area (Å²) in [5.74, 6) is -0.624. The first-order chi connectivity index (χ1) is 9.16. The number of benzene rings is 1. The largest absolute Gasteiger partial charge is 0.504 e. The number of aromatic nitrogens is 2. The highest BCUT2D eigenvalue weighted by Gasteiger charge is 2.06. The van der Waals surface area contributed by atoms with Crippen molar-refractivity contribution in [2.24, 2.45) is 0 Å². The van der Waals surface area contributed by atoms with Crippen molar-refractivity contribution in [3.63, 3.8) is 0 Å². The molecule has 3 N–H and O–H groups in total. The van der Waals surface area contributed by atoms with E-state index in [1.807, 2.05) is 0 Å². The molecule has 2 aromatic rings. The van der Waals surface area contributed by atoms with E-state index in [0.717, 1.165) is 5.56 Å². The van der Waals surface area contributed by atoms with Crippen molar-refractivity contribution in [3.8, 4) is 11.5 Å². The number of rotatable bonds is 4. The van der Waals surface area contributed by atoms with Crippen LogP contribution in [0, 0.1) is 0 Å². The predicted octanol–water partition coefficient (Wildman–Crippen LogP) is 0.860. The number of amides is 1. The number of phenolic OH excluding ortho intramolecular Hbond substituents is 2. The lowest BCUT2D eigenvalue weighted by Crippen LogP contribution is -2.26.